The number of carbonyl (C=O) groups excluding carboxylic acids is 2. The molecule has 0 saturated carbocycles. The SMILES string of the molecule is Cc1ccc(C(=O)NCC(=O)NC[C@H](O)C(=O)O)cc1. The molecule has 1 aromatic carbocycles. The summed E-state index contributed by atoms with van der Waals surface area (Å²) in [6, 6.07) is 6.82. The lowest BCUT2D eigenvalue weighted by Gasteiger charge is -2.09. The summed E-state index contributed by atoms with van der Waals surface area (Å²) in [5.74, 6) is -2.40. The molecular formula is C13H16N2O5. The molecule has 20 heavy (non-hydrogen) atoms. The minimum atomic E-state index is -1.66. The largest absolute Gasteiger partial charge is 0.479 e. The maximum atomic E-state index is 11.7. The number of hydrogen-bond acceptors (Lipinski definition) is 4. The number of rotatable bonds is 6. The Kier molecular flexibility index (Phi) is 5.67. The molecule has 7 nitrogen and oxygen atoms in total. The molecule has 7 heteroatoms. The van der Waals surface area contributed by atoms with Crippen LogP contribution in [-0.2, 0) is 9.59 Å². The van der Waals surface area contributed by atoms with Crippen molar-refractivity contribution in [3.8, 4) is 0 Å². The van der Waals surface area contributed by atoms with Gasteiger partial charge in [0.15, 0.2) is 6.10 Å². The van der Waals surface area contributed by atoms with Crippen molar-refractivity contribution in [3.63, 3.8) is 0 Å². The Balaban J connectivity index is 2.35. The quantitative estimate of drug-likeness (QED) is 0.549. The van der Waals surface area contributed by atoms with Crippen LogP contribution >= 0.6 is 0 Å². The number of carboxylic acids is 1. The molecule has 0 aliphatic carbocycles. The highest BCUT2D eigenvalue weighted by molar-refractivity contribution is 5.96. The van der Waals surface area contributed by atoms with Crippen LogP contribution in [0.1, 0.15) is 15.9 Å². The van der Waals surface area contributed by atoms with Crippen molar-refractivity contribution in [2.75, 3.05) is 13.1 Å². The van der Waals surface area contributed by atoms with Gasteiger partial charge in [0.2, 0.25) is 5.91 Å². The van der Waals surface area contributed by atoms with Crippen LogP contribution < -0.4 is 10.6 Å². The van der Waals surface area contributed by atoms with Gasteiger partial charge >= 0.3 is 5.97 Å². The second kappa shape index (κ2) is 7.25. The normalized spacial score (nSPS) is 11.5. The molecule has 1 aromatic rings. The molecule has 0 unspecified atom stereocenters. The lowest BCUT2D eigenvalue weighted by molar-refractivity contribution is -0.146. The Morgan fingerprint density at radius 1 is 1.15 bits per heavy atom. The van der Waals surface area contributed by atoms with Crippen LogP contribution in [0.2, 0.25) is 0 Å². The van der Waals surface area contributed by atoms with Crippen LogP contribution in [0.25, 0.3) is 0 Å². The van der Waals surface area contributed by atoms with E-state index in [0.29, 0.717) is 5.56 Å². The zero-order valence-electron chi connectivity index (χ0n) is 10.9. The highest BCUT2D eigenvalue weighted by Crippen LogP contribution is 2.02. The Hall–Kier alpha value is -2.41. The Morgan fingerprint density at radius 3 is 2.30 bits per heavy atom. The zero-order chi connectivity index (χ0) is 15.1. The van der Waals surface area contributed by atoms with E-state index in [2.05, 4.69) is 10.6 Å². The summed E-state index contributed by atoms with van der Waals surface area (Å²) >= 11 is 0. The van der Waals surface area contributed by atoms with E-state index in [4.69, 9.17) is 10.2 Å². The highest BCUT2D eigenvalue weighted by Gasteiger charge is 2.14. The number of carbonyl (C=O) groups is 3. The third-order valence-electron chi connectivity index (χ3n) is 2.50. The van der Waals surface area contributed by atoms with Crippen molar-refractivity contribution in [3.05, 3.63) is 35.4 Å². The van der Waals surface area contributed by atoms with Gasteiger partial charge in [-0.05, 0) is 19.1 Å². The predicted octanol–water partition coefficient (Wildman–Crippen LogP) is -0.713. The molecule has 0 aromatic heterocycles. The van der Waals surface area contributed by atoms with Crippen molar-refractivity contribution in [1.82, 2.24) is 10.6 Å². The molecular weight excluding hydrogens is 264 g/mol. The molecule has 0 heterocycles. The number of hydrogen-bond donors (Lipinski definition) is 4. The van der Waals surface area contributed by atoms with Gasteiger partial charge in [-0.1, -0.05) is 17.7 Å². The van der Waals surface area contributed by atoms with Crippen LogP contribution in [0.5, 0.6) is 0 Å². The van der Waals surface area contributed by atoms with Crippen LogP contribution in [0, 0.1) is 6.92 Å². The fourth-order valence-corrected chi connectivity index (χ4v) is 1.33. The summed E-state index contributed by atoms with van der Waals surface area (Å²) < 4.78 is 0. The summed E-state index contributed by atoms with van der Waals surface area (Å²) in [5, 5.41) is 22.0. The standard InChI is InChI=1S/C13H16N2O5/c1-8-2-4-9(5-3-8)12(18)15-7-11(17)14-6-10(16)13(19)20/h2-5,10,16H,6-7H2,1H3,(H,14,17)(H,15,18)(H,19,20)/t10-/m0/s1. The van der Waals surface area contributed by atoms with Gasteiger partial charge in [0.1, 0.15) is 0 Å². The van der Waals surface area contributed by atoms with Gasteiger partial charge in [0.25, 0.3) is 5.91 Å². The fraction of sp³-hybridized carbons (Fsp3) is 0.308. The molecule has 0 fully saturated rings. The fourth-order valence-electron chi connectivity index (χ4n) is 1.33. The predicted molar refractivity (Wildman–Crippen MR) is 70.2 cm³/mol. The third kappa shape index (κ3) is 5.07. The number of aliphatic hydroxyl groups excluding tert-OH is 1. The Morgan fingerprint density at radius 2 is 1.75 bits per heavy atom. The van der Waals surface area contributed by atoms with E-state index in [-0.39, 0.29) is 6.54 Å². The summed E-state index contributed by atoms with van der Waals surface area (Å²) in [6.45, 7) is 1.19. The Labute approximate surface area is 115 Å². The maximum absolute atomic E-state index is 11.7. The van der Waals surface area contributed by atoms with Gasteiger partial charge in [-0.3, -0.25) is 9.59 Å². The molecule has 1 rings (SSSR count). The monoisotopic (exact) mass is 280 g/mol. The zero-order valence-corrected chi connectivity index (χ0v) is 10.9. The minimum Gasteiger partial charge on any atom is -0.479 e. The summed E-state index contributed by atoms with van der Waals surface area (Å²) in [6.07, 6.45) is -1.66. The molecule has 0 aliphatic rings. The lowest BCUT2D eigenvalue weighted by Crippen LogP contribution is -2.41. The number of aryl methyl sites for hydroxylation is 1. The van der Waals surface area contributed by atoms with E-state index in [1.807, 2.05) is 6.92 Å². The molecule has 2 amide bonds. The van der Waals surface area contributed by atoms with Crippen LogP contribution in [-0.4, -0.2) is 47.2 Å². The van der Waals surface area contributed by atoms with Crippen molar-refractivity contribution in [2.24, 2.45) is 0 Å². The minimum absolute atomic E-state index is 0.293. The van der Waals surface area contributed by atoms with Crippen molar-refractivity contribution >= 4 is 17.8 Å². The van der Waals surface area contributed by atoms with E-state index in [1.54, 1.807) is 24.3 Å². The highest BCUT2D eigenvalue weighted by atomic mass is 16.4. The van der Waals surface area contributed by atoms with Gasteiger partial charge in [-0.25, -0.2) is 4.79 Å². The number of aliphatic hydroxyl groups is 1. The molecule has 4 N–H and O–H groups in total. The molecule has 0 radical (unpaired) electrons. The average molecular weight is 280 g/mol. The molecule has 0 bridgehead atoms. The van der Waals surface area contributed by atoms with Gasteiger partial charge < -0.3 is 20.8 Å². The number of benzene rings is 1. The number of aliphatic carboxylic acids is 1. The number of nitrogens with one attached hydrogen (secondary N) is 2. The van der Waals surface area contributed by atoms with Crippen LogP contribution in [0.15, 0.2) is 24.3 Å². The van der Waals surface area contributed by atoms with E-state index < -0.39 is 30.4 Å². The van der Waals surface area contributed by atoms with E-state index in [0.717, 1.165) is 5.56 Å². The van der Waals surface area contributed by atoms with E-state index >= 15 is 0 Å². The van der Waals surface area contributed by atoms with Crippen molar-refractivity contribution < 1.29 is 24.6 Å². The lowest BCUT2D eigenvalue weighted by atomic mass is 10.1. The van der Waals surface area contributed by atoms with Gasteiger partial charge in [0.05, 0.1) is 13.1 Å². The first-order valence-electron chi connectivity index (χ1n) is 5.92. The number of amides is 2. The van der Waals surface area contributed by atoms with Crippen LogP contribution in [0.3, 0.4) is 0 Å². The van der Waals surface area contributed by atoms with Gasteiger partial charge in [-0.15, -0.1) is 0 Å². The van der Waals surface area contributed by atoms with Crippen molar-refractivity contribution in [1.29, 1.82) is 0 Å². The average Bonchev–Trinajstić information content (AvgIpc) is 2.42. The third-order valence-corrected chi connectivity index (χ3v) is 2.50. The van der Waals surface area contributed by atoms with Gasteiger partial charge in [-0.2, -0.15) is 0 Å². The Bertz CT molecular complexity index is 498. The smallest absolute Gasteiger partial charge is 0.334 e. The molecule has 0 spiro atoms. The second-order valence-corrected chi connectivity index (χ2v) is 4.21. The van der Waals surface area contributed by atoms with Crippen molar-refractivity contribution in [2.45, 2.75) is 13.0 Å². The van der Waals surface area contributed by atoms with Gasteiger partial charge in [0, 0.05) is 5.56 Å². The summed E-state index contributed by atoms with van der Waals surface area (Å²) in [7, 11) is 0. The first kappa shape index (κ1) is 15.6. The molecule has 0 aliphatic heterocycles. The topological polar surface area (TPSA) is 116 Å². The first-order chi connectivity index (χ1) is 9.40. The molecule has 1 atom stereocenters. The van der Waals surface area contributed by atoms with E-state index in [1.165, 1.54) is 0 Å². The maximum Gasteiger partial charge on any atom is 0.334 e. The second-order valence-electron chi connectivity index (χ2n) is 4.21. The summed E-state index contributed by atoms with van der Waals surface area (Å²) in [4.78, 5) is 33.3. The number of carboxylic acid groups (broad SMARTS) is 1. The molecule has 0 saturated heterocycles. The molecule has 108 valence electrons. The van der Waals surface area contributed by atoms with Crippen LogP contribution in [0.4, 0.5) is 0 Å². The summed E-state index contributed by atoms with van der Waals surface area (Å²) in [5.41, 5.74) is 1.44. The first-order valence-corrected chi connectivity index (χ1v) is 5.92. The van der Waals surface area contributed by atoms with E-state index in [9.17, 15) is 14.4 Å².